The number of aliphatic hydroxyl groups is 1. The first-order chi connectivity index (χ1) is 13.4. The highest BCUT2D eigenvalue weighted by Gasteiger charge is 2.33. The van der Waals surface area contributed by atoms with E-state index in [9.17, 15) is 9.90 Å². The fourth-order valence-electron chi connectivity index (χ4n) is 3.47. The van der Waals surface area contributed by atoms with Crippen molar-refractivity contribution in [3.63, 3.8) is 0 Å². The van der Waals surface area contributed by atoms with Gasteiger partial charge >= 0.3 is 0 Å². The second-order valence-corrected chi connectivity index (χ2v) is 7.83. The van der Waals surface area contributed by atoms with Crippen LogP contribution in [0.4, 0.5) is 0 Å². The topological polar surface area (TPSA) is 65.9 Å². The summed E-state index contributed by atoms with van der Waals surface area (Å²) in [5, 5.41) is 9.70. The molecule has 28 heavy (non-hydrogen) atoms. The maximum Gasteiger partial charge on any atom is 0.259 e. The number of rotatable bonds is 5. The van der Waals surface area contributed by atoms with Gasteiger partial charge in [-0.3, -0.25) is 4.79 Å². The van der Waals surface area contributed by atoms with E-state index in [2.05, 4.69) is 16.8 Å². The van der Waals surface area contributed by atoms with Crippen LogP contribution in [0.1, 0.15) is 24.2 Å². The predicted molar refractivity (Wildman–Crippen MR) is 109 cm³/mol. The van der Waals surface area contributed by atoms with Crippen LogP contribution in [0.5, 0.6) is 5.88 Å². The second kappa shape index (κ2) is 8.71. The van der Waals surface area contributed by atoms with Crippen LogP contribution in [0.15, 0.2) is 42.6 Å². The Morgan fingerprint density at radius 1 is 1.29 bits per heavy atom. The fraction of sp³-hybridized carbons (Fsp3) is 0.455. The largest absolute Gasteiger partial charge is 0.472 e. The lowest BCUT2D eigenvalue weighted by atomic mass is 9.99. The molecule has 0 fully saturated rings. The van der Waals surface area contributed by atoms with Crippen LogP contribution in [-0.2, 0) is 0 Å². The Hall–Kier alpha value is -2.44. The molecule has 1 aliphatic rings. The Morgan fingerprint density at radius 2 is 2.00 bits per heavy atom. The third kappa shape index (κ3) is 4.34. The molecule has 6 heteroatoms. The standard InChI is InChI=1S/C22H29N3O3/c1-15-12-25(16(2)14-26)22(27)19-10-18(17-8-6-5-7-9-17)11-23-21(19)28-20(15)13-24(3)4/h5-11,15-16,20,26H,12-14H2,1-4H3/t15-,16+,20+/m1/s1. The van der Waals surface area contributed by atoms with Crippen molar-refractivity contribution < 1.29 is 14.6 Å². The molecule has 3 atom stereocenters. The molecule has 2 aromatic rings. The Kier molecular flexibility index (Phi) is 6.31. The quantitative estimate of drug-likeness (QED) is 0.860. The van der Waals surface area contributed by atoms with Gasteiger partial charge in [-0.25, -0.2) is 4.98 Å². The summed E-state index contributed by atoms with van der Waals surface area (Å²) in [6.45, 7) is 5.09. The Bertz CT molecular complexity index is 810. The van der Waals surface area contributed by atoms with Crippen LogP contribution < -0.4 is 4.74 Å². The van der Waals surface area contributed by atoms with Gasteiger partial charge in [0.05, 0.1) is 12.6 Å². The van der Waals surface area contributed by atoms with E-state index in [-0.39, 0.29) is 30.6 Å². The molecule has 0 spiro atoms. The van der Waals surface area contributed by atoms with Gasteiger partial charge in [-0.15, -0.1) is 0 Å². The lowest BCUT2D eigenvalue weighted by molar-refractivity contribution is 0.0348. The van der Waals surface area contributed by atoms with Gasteiger partial charge in [-0.05, 0) is 32.6 Å². The molecule has 150 valence electrons. The summed E-state index contributed by atoms with van der Waals surface area (Å²) >= 11 is 0. The minimum Gasteiger partial charge on any atom is -0.472 e. The molecule has 0 unspecified atom stereocenters. The summed E-state index contributed by atoms with van der Waals surface area (Å²) in [4.78, 5) is 21.7. The summed E-state index contributed by atoms with van der Waals surface area (Å²) in [5.74, 6) is 0.305. The second-order valence-electron chi connectivity index (χ2n) is 7.83. The van der Waals surface area contributed by atoms with Gasteiger partial charge in [0.2, 0.25) is 5.88 Å². The van der Waals surface area contributed by atoms with E-state index < -0.39 is 0 Å². The number of amides is 1. The van der Waals surface area contributed by atoms with Crippen LogP contribution in [0.2, 0.25) is 0 Å². The Labute approximate surface area is 166 Å². The van der Waals surface area contributed by atoms with Crippen molar-refractivity contribution in [2.75, 3.05) is 33.8 Å². The van der Waals surface area contributed by atoms with Crippen molar-refractivity contribution in [2.45, 2.75) is 26.0 Å². The molecule has 1 aliphatic heterocycles. The van der Waals surface area contributed by atoms with Gasteiger partial charge in [0.25, 0.3) is 5.91 Å². The van der Waals surface area contributed by atoms with Gasteiger partial charge in [0.1, 0.15) is 11.7 Å². The smallest absolute Gasteiger partial charge is 0.259 e. The van der Waals surface area contributed by atoms with Crippen molar-refractivity contribution in [2.24, 2.45) is 5.92 Å². The summed E-state index contributed by atoms with van der Waals surface area (Å²) in [7, 11) is 4.00. The van der Waals surface area contributed by atoms with Gasteiger partial charge < -0.3 is 19.6 Å². The molecule has 0 aliphatic carbocycles. The number of nitrogens with zero attached hydrogens (tertiary/aromatic N) is 3. The summed E-state index contributed by atoms with van der Waals surface area (Å²) in [5.41, 5.74) is 2.30. The van der Waals surface area contributed by atoms with Crippen molar-refractivity contribution in [1.82, 2.24) is 14.8 Å². The van der Waals surface area contributed by atoms with E-state index in [4.69, 9.17) is 4.74 Å². The average Bonchev–Trinajstić information content (AvgIpc) is 2.70. The van der Waals surface area contributed by atoms with Crippen molar-refractivity contribution in [3.8, 4) is 17.0 Å². The third-order valence-corrected chi connectivity index (χ3v) is 5.17. The zero-order valence-corrected chi connectivity index (χ0v) is 17.0. The normalized spacial score (nSPS) is 20.9. The van der Waals surface area contributed by atoms with E-state index in [1.165, 1.54) is 0 Å². The number of likely N-dealkylation sites (N-methyl/N-ethyl adjacent to an activating group) is 1. The van der Waals surface area contributed by atoms with Crippen LogP contribution in [0.3, 0.4) is 0 Å². The van der Waals surface area contributed by atoms with Gasteiger partial charge in [-0.2, -0.15) is 0 Å². The fourth-order valence-corrected chi connectivity index (χ4v) is 3.47. The van der Waals surface area contributed by atoms with E-state index in [1.54, 1.807) is 11.1 Å². The predicted octanol–water partition coefficient (Wildman–Crippen LogP) is 2.53. The maximum atomic E-state index is 13.3. The molecule has 1 amide bonds. The lowest BCUT2D eigenvalue weighted by Crippen LogP contribution is -2.49. The molecule has 3 rings (SSSR count). The Morgan fingerprint density at radius 3 is 2.64 bits per heavy atom. The van der Waals surface area contributed by atoms with Gasteiger partial charge in [0.15, 0.2) is 0 Å². The number of fused-ring (bicyclic) bond motifs is 1. The van der Waals surface area contributed by atoms with Gasteiger partial charge in [0, 0.05) is 30.8 Å². The zero-order valence-electron chi connectivity index (χ0n) is 17.0. The summed E-state index contributed by atoms with van der Waals surface area (Å²) < 4.78 is 6.22. The molecule has 2 heterocycles. The molecular formula is C22H29N3O3. The molecule has 1 aromatic heterocycles. The average molecular weight is 383 g/mol. The van der Waals surface area contributed by atoms with E-state index in [0.29, 0.717) is 18.0 Å². The van der Waals surface area contributed by atoms with Crippen molar-refractivity contribution >= 4 is 5.91 Å². The van der Waals surface area contributed by atoms with Gasteiger partial charge in [-0.1, -0.05) is 37.3 Å². The summed E-state index contributed by atoms with van der Waals surface area (Å²) in [6, 6.07) is 11.4. The zero-order chi connectivity index (χ0) is 20.3. The van der Waals surface area contributed by atoms with Crippen LogP contribution >= 0.6 is 0 Å². The third-order valence-electron chi connectivity index (χ3n) is 5.17. The molecular weight excluding hydrogens is 354 g/mol. The van der Waals surface area contributed by atoms with Crippen LogP contribution in [-0.4, -0.2) is 71.7 Å². The number of aromatic nitrogens is 1. The molecule has 0 saturated heterocycles. The molecule has 1 N–H and O–H groups in total. The number of carbonyl (C=O) groups is 1. The maximum absolute atomic E-state index is 13.3. The number of hydrogen-bond donors (Lipinski definition) is 1. The number of ether oxygens (including phenoxy) is 1. The monoisotopic (exact) mass is 383 g/mol. The van der Waals surface area contributed by atoms with Crippen molar-refractivity contribution in [1.29, 1.82) is 0 Å². The van der Waals surface area contributed by atoms with E-state index in [0.717, 1.165) is 17.7 Å². The number of pyridine rings is 1. The van der Waals surface area contributed by atoms with E-state index >= 15 is 0 Å². The highest BCUT2D eigenvalue weighted by molar-refractivity contribution is 5.98. The lowest BCUT2D eigenvalue weighted by Gasteiger charge is -2.37. The summed E-state index contributed by atoms with van der Waals surface area (Å²) in [6.07, 6.45) is 1.64. The van der Waals surface area contributed by atoms with E-state index in [1.807, 2.05) is 57.4 Å². The SMILES string of the molecule is C[C@@H]1CN([C@@H](C)CO)C(=O)c2cc(-c3ccccc3)cnc2O[C@H]1CN(C)C. The number of benzene rings is 1. The molecule has 1 aromatic carbocycles. The highest BCUT2D eigenvalue weighted by Crippen LogP contribution is 2.30. The first kappa shape index (κ1) is 20.3. The molecule has 6 nitrogen and oxygen atoms in total. The van der Waals surface area contributed by atoms with Crippen molar-refractivity contribution in [3.05, 3.63) is 48.2 Å². The first-order valence-electron chi connectivity index (χ1n) is 9.69. The minimum atomic E-state index is -0.277. The minimum absolute atomic E-state index is 0.0845. The number of aliphatic hydroxyl groups excluding tert-OH is 1. The Balaban J connectivity index is 2.06. The van der Waals surface area contributed by atoms with Crippen LogP contribution in [0.25, 0.3) is 11.1 Å². The molecule has 0 radical (unpaired) electrons. The molecule has 0 saturated carbocycles. The number of hydrogen-bond acceptors (Lipinski definition) is 5. The molecule has 0 bridgehead atoms. The van der Waals surface area contributed by atoms with Crippen LogP contribution in [0, 0.1) is 5.92 Å². The number of carbonyl (C=O) groups excluding carboxylic acids is 1. The first-order valence-corrected chi connectivity index (χ1v) is 9.69. The highest BCUT2D eigenvalue weighted by atomic mass is 16.5.